The van der Waals surface area contributed by atoms with E-state index in [9.17, 15) is 14.4 Å². The van der Waals surface area contributed by atoms with Crippen LogP contribution in [0.15, 0.2) is 6.07 Å². The van der Waals surface area contributed by atoms with Crippen LogP contribution in [-0.2, 0) is 22.4 Å². The van der Waals surface area contributed by atoms with Crippen molar-refractivity contribution >= 4 is 29.1 Å². The second-order valence-corrected chi connectivity index (χ2v) is 7.26. The second kappa shape index (κ2) is 8.28. The van der Waals surface area contributed by atoms with E-state index < -0.39 is 5.97 Å². The van der Waals surface area contributed by atoms with Crippen LogP contribution in [0.1, 0.15) is 53.2 Å². The minimum Gasteiger partial charge on any atom is -0.480 e. The molecule has 0 aliphatic heterocycles. The third-order valence-corrected chi connectivity index (χ3v) is 5.61. The van der Waals surface area contributed by atoms with Crippen LogP contribution >= 0.6 is 11.3 Å². The number of rotatable bonds is 7. The molecule has 0 fully saturated rings. The molecule has 0 radical (unpaired) electrons. The number of carboxylic acids is 1. The van der Waals surface area contributed by atoms with Gasteiger partial charge in [-0.3, -0.25) is 14.4 Å². The summed E-state index contributed by atoms with van der Waals surface area (Å²) in [6.07, 6.45) is 5.00. The van der Waals surface area contributed by atoms with Gasteiger partial charge in [-0.25, -0.2) is 0 Å². The Morgan fingerprint density at radius 3 is 2.67 bits per heavy atom. The zero-order valence-electron chi connectivity index (χ0n) is 14.1. The average Bonchev–Trinajstić information content (AvgIpc) is 3.00. The van der Waals surface area contributed by atoms with E-state index in [4.69, 9.17) is 5.11 Å². The van der Waals surface area contributed by atoms with Crippen molar-refractivity contribution < 1.29 is 19.5 Å². The fourth-order valence-corrected chi connectivity index (χ4v) is 3.97. The summed E-state index contributed by atoms with van der Waals surface area (Å²) in [7, 11) is 0. The van der Waals surface area contributed by atoms with Gasteiger partial charge in [-0.05, 0) is 50.7 Å². The van der Waals surface area contributed by atoms with Gasteiger partial charge in [0.2, 0.25) is 5.91 Å². The van der Waals surface area contributed by atoms with Crippen LogP contribution in [0.2, 0.25) is 0 Å². The van der Waals surface area contributed by atoms with Gasteiger partial charge in [-0.1, -0.05) is 6.92 Å². The minimum atomic E-state index is -1.05. The first-order valence-corrected chi connectivity index (χ1v) is 9.15. The molecular formula is C17H24N2O4S. The van der Waals surface area contributed by atoms with Crippen molar-refractivity contribution in [2.75, 3.05) is 13.1 Å². The van der Waals surface area contributed by atoms with Crippen molar-refractivity contribution in [3.05, 3.63) is 21.4 Å². The van der Waals surface area contributed by atoms with Crippen molar-refractivity contribution in [1.29, 1.82) is 0 Å². The summed E-state index contributed by atoms with van der Waals surface area (Å²) in [5.41, 5.74) is 1.25. The Morgan fingerprint density at radius 2 is 2.04 bits per heavy atom. The van der Waals surface area contributed by atoms with Gasteiger partial charge in [0, 0.05) is 10.9 Å². The van der Waals surface area contributed by atoms with Crippen LogP contribution in [0.3, 0.4) is 0 Å². The van der Waals surface area contributed by atoms with E-state index >= 15 is 0 Å². The number of nitrogens with one attached hydrogen (secondary N) is 1. The second-order valence-electron chi connectivity index (χ2n) is 6.12. The van der Waals surface area contributed by atoms with E-state index in [1.54, 1.807) is 6.92 Å². The maximum Gasteiger partial charge on any atom is 0.323 e. The molecule has 0 saturated carbocycles. The number of carbonyl (C=O) groups excluding carboxylic acids is 2. The van der Waals surface area contributed by atoms with Gasteiger partial charge in [-0.15, -0.1) is 11.3 Å². The molecule has 2 N–H and O–H groups in total. The molecule has 24 heavy (non-hydrogen) atoms. The average molecular weight is 352 g/mol. The monoisotopic (exact) mass is 352 g/mol. The van der Waals surface area contributed by atoms with Crippen LogP contribution in [-0.4, -0.2) is 46.9 Å². The summed E-state index contributed by atoms with van der Waals surface area (Å²) < 4.78 is 0. The smallest absolute Gasteiger partial charge is 0.323 e. The van der Waals surface area contributed by atoms with Gasteiger partial charge in [0.15, 0.2) is 0 Å². The van der Waals surface area contributed by atoms with E-state index in [0.29, 0.717) is 11.3 Å². The summed E-state index contributed by atoms with van der Waals surface area (Å²) in [6.45, 7) is 3.16. The molecule has 2 amide bonds. The lowest BCUT2D eigenvalue weighted by molar-refractivity contribution is -0.145. The zero-order chi connectivity index (χ0) is 17.7. The van der Waals surface area contributed by atoms with Crippen LogP contribution < -0.4 is 5.32 Å². The number of nitrogens with zero attached hydrogens (tertiary/aromatic N) is 1. The third kappa shape index (κ3) is 4.56. The number of amides is 2. The number of thiophene rings is 1. The topological polar surface area (TPSA) is 86.7 Å². The number of aliphatic carboxylic acids is 1. The van der Waals surface area contributed by atoms with Crippen molar-refractivity contribution in [3.8, 4) is 0 Å². The van der Waals surface area contributed by atoms with Gasteiger partial charge >= 0.3 is 5.97 Å². The summed E-state index contributed by atoms with van der Waals surface area (Å²) in [6, 6.07) is 1.74. The Morgan fingerprint density at radius 1 is 1.33 bits per heavy atom. The Labute approximate surface area is 145 Å². The molecule has 0 saturated heterocycles. The van der Waals surface area contributed by atoms with E-state index in [1.807, 2.05) is 13.0 Å². The molecule has 0 spiro atoms. The number of carbonyl (C=O) groups is 3. The number of aryl methyl sites for hydroxylation is 2. The standard InChI is InChI=1S/C17H24N2O4S/c1-3-11(2)19(10-16(21)22)15(20)9-18-17(23)14-8-12-6-4-5-7-13(12)24-14/h8,11H,3-7,9-10H2,1-2H3,(H,18,23)(H,21,22). The van der Waals surface area contributed by atoms with Crippen LogP contribution in [0.5, 0.6) is 0 Å². The van der Waals surface area contributed by atoms with E-state index in [2.05, 4.69) is 5.32 Å². The quantitative estimate of drug-likeness (QED) is 0.786. The molecule has 1 atom stereocenters. The summed E-state index contributed by atoms with van der Waals surface area (Å²) in [5.74, 6) is -1.69. The lowest BCUT2D eigenvalue weighted by Crippen LogP contribution is -2.46. The van der Waals surface area contributed by atoms with Crippen molar-refractivity contribution in [3.63, 3.8) is 0 Å². The first kappa shape index (κ1) is 18.4. The highest BCUT2D eigenvalue weighted by Gasteiger charge is 2.23. The maximum absolute atomic E-state index is 12.3. The molecule has 1 aromatic heterocycles. The highest BCUT2D eigenvalue weighted by Crippen LogP contribution is 2.29. The molecule has 132 valence electrons. The molecule has 1 aliphatic carbocycles. The molecule has 2 rings (SSSR count). The predicted molar refractivity (Wildman–Crippen MR) is 92.4 cm³/mol. The van der Waals surface area contributed by atoms with Crippen molar-refractivity contribution in [1.82, 2.24) is 10.2 Å². The van der Waals surface area contributed by atoms with E-state index in [0.717, 1.165) is 25.7 Å². The van der Waals surface area contributed by atoms with Crippen molar-refractivity contribution in [2.45, 2.75) is 52.0 Å². The predicted octanol–water partition coefficient (Wildman–Crippen LogP) is 2.07. The molecule has 1 aromatic rings. The Hall–Kier alpha value is -1.89. The highest BCUT2D eigenvalue weighted by atomic mass is 32.1. The summed E-state index contributed by atoms with van der Waals surface area (Å²) >= 11 is 1.49. The normalized spacial score (nSPS) is 14.6. The first-order valence-electron chi connectivity index (χ1n) is 8.33. The molecule has 6 nitrogen and oxygen atoms in total. The summed E-state index contributed by atoms with van der Waals surface area (Å²) in [5, 5.41) is 11.6. The fraction of sp³-hybridized carbons (Fsp3) is 0.588. The number of carboxylic acid groups (broad SMARTS) is 1. The maximum atomic E-state index is 12.3. The Balaban J connectivity index is 1.95. The number of fused-ring (bicyclic) bond motifs is 1. The van der Waals surface area contributed by atoms with Crippen LogP contribution in [0, 0.1) is 0 Å². The molecule has 7 heteroatoms. The lowest BCUT2D eigenvalue weighted by Gasteiger charge is -2.27. The Kier molecular flexibility index (Phi) is 6.36. The SMILES string of the molecule is CCC(C)N(CC(=O)O)C(=O)CNC(=O)c1cc2c(s1)CCCC2. The molecular weight excluding hydrogens is 328 g/mol. The molecule has 1 unspecified atom stereocenters. The molecule has 1 aliphatic rings. The van der Waals surface area contributed by atoms with E-state index in [1.165, 1.54) is 26.7 Å². The Bertz CT molecular complexity index is 603. The summed E-state index contributed by atoms with van der Waals surface area (Å²) in [4.78, 5) is 38.6. The lowest BCUT2D eigenvalue weighted by atomic mass is 9.99. The van der Waals surface area contributed by atoms with Gasteiger partial charge in [0.05, 0.1) is 11.4 Å². The number of hydrogen-bond acceptors (Lipinski definition) is 4. The molecule has 0 aromatic carbocycles. The van der Waals surface area contributed by atoms with Gasteiger partial charge < -0.3 is 15.3 Å². The van der Waals surface area contributed by atoms with Crippen molar-refractivity contribution in [2.24, 2.45) is 0 Å². The fourth-order valence-electron chi connectivity index (χ4n) is 2.80. The first-order chi connectivity index (χ1) is 11.4. The van der Waals surface area contributed by atoms with Gasteiger partial charge in [-0.2, -0.15) is 0 Å². The third-order valence-electron chi connectivity index (χ3n) is 4.37. The molecule has 0 bridgehead atoms. The zero-order valence-corrected chi connectivity index (χ0v) is 14.9. The van der Waals surface area contributed by atoms with E-state index in [-0.39, 0.29) is 30.9 Å². The number of hydrogen-bond donors (Lipinski definition) is 2. The van der Waals surface area contributed by atoms with Crippen LogP contribution in [0.25, 0.3) is 0 Å². The van der Waals surface area contributed by atoms with Gasteiger partial charge in [0.1, 0.15) is 6.54 Å². The highest BCUT2D eigenvalue weighted by molar-refractivity contribution is 7.14. The largest absolute Gasteiger partial charge is 0.480 e. The minimum absolute atomic E-state index is 0.181. The molecule has 1 heterocycles. The van der Waals surface area contributed by atoms with Gasteiger partial charge in [0.25, 0.3) is 5.91 Å². The van der Waals surface area contributed by atoms with Crippen LogP contribution in [0.4, 0.5) is 0 Å².